The standard InChI is InChI=1S/C10H10N4O6/c1-3-17-9(15)7-11-5(13-19-7)6-12-8(20-14-6)10(16)18-4-2/h3-4H2,1-2H3. The van der Waals surface area contributed by atoms with Crippen molar-refractivity contribution in [2.24, 2.45) is 0 Å². The third-order valence-electron chi connectivity index (χ3n) is 1.95. The number of nitrogens with zero attached hydrogens (tertiary/aromatic N) is 4. The number of carbonyl (C=O) groups excluding carboxylic acids is 2. The molecular weight excluding hydrogens is 272 g/mol. The second kappa shape index (κ2) is 5.91. The Morgan fingerprint density at radius 2 is 1.30 bits per heavy atom. The van der Waals surface area contributed by atoms with E-state index in [1.54, 1.807) is 13.8 Å². The number of esters is 2. The van der Waals surface area contributed by atoms with Gasteiger partial charge in [-0.15, -0.1) is 0 Å². The molecule has 2 aromatic rings. The number of carbonyl (C=O) groups is 2. The highest BCUT2D eigenvalue weighted by molar-refractivity contribution is 5.85. The van der Waals surface area contributed by atoms with Crippen molar-refractivity contribution < 1.29 is 28.1 Å². The minimum Gasteiger partial charge on any atom is -0.459 e. The lowest BCUT2D eigenvalue weighted by molar-refractivity contribution is 0.0462. The minimum absolute atomic E-state index is 0.104. The molecule has 106 valence electrons. The van der Waals surface area contributed by atoms with Gasteiger partial charge in [0.1, 0.15) is 0 Å². The molecule has 0 aliphatic heterocycles. The first-order valence-electron chi connectivity index (χ1n) is 5.67. The molecule has 0 saturated carbocycles. The average molecular weight is 282 g/mol. The van der Waals surface area contributed by atoms with Crippen molar-refractivity contribution in [3.05, 3.63) is 11.8 Å². The van der Waals surface area contributed by atoms with Crippen LogP contribution in [-0.2, 0) is 9.47 Å². The Morgan fingerprint density at radius 1 is 0.900 bits per heavy atom. The fourth-order valence-electron chi connectivity index (χ4n) is 1.18. The fourth-order valence-corrected chi connectivity index (χ4v) is 1.18. The van der Waals surface area contributed by atoms with Gasteiger partial charge in [-0.2, -0.15) is 9.97 Å². The number of hydrogen-bond acceptors (Lipinski definition) is 10. The van der Waals surface area contributed by atoms with Crippen molar-refractivity contribution in [2.75, 3.05) is 13.2 Å². The van der Waals surface area contributed by atoms with Crippen LogP contribution < -0.4 is 0 Å². The summed E-state index contributed by atoms with van der Waals surface area (Å²) in [6, 6.07) is 0. The monoisotopic (exact) mass is 282 g/mol. The lowest BCUT2D eigenvalue weighted by atomic mass is 10.5. The third-order valence-corrected chi connectivity index (χ3v) is 1.95. The number of aromatic nitrogens is 4. The summed E-state index contributed by atoms with van der Waals surface area (Å²) >= 11 is 0. The van der Waals surface area contributed by atoms with Crippen LogP contribution in [0.15, 0.2) is 9.05 Å². The Hall–Kier alpha value is -2.78. The molecule has 0 atom stereocenters. The first-order chi connectivity index (χ1) is 9.65. The smallest absolute Gasteiger partial charge is 0.397 e. The first-order valence-corrected chi connectivity index (χ1v) is 5.67. The molecule has 0 saturated heterocycles. The molecule has 0 bridgehead atoms. The normalized spacial score (nSPS) is 10.3. The average Bonchev–Trinajstić information content (AvgIpc) is 3.08. The lowest BCUT2D eigenvalue weighted by Gasteiger charge is -1.93. The van der Waals surface area contributed by atoms with E-state index in [4.69, 9.17) is 0 Å². The maximum absolute atomic E-state index is 11.3. The summed E-state index contributed by atoms with van der Waals surface area (Å²) in [6.07, 6.45) is 0. The van der Waals surface area contributed by atoms with E-state index < -0.39 is 11.9 Å². The molecular formula is C10H10N4O6. The van der Waals surface area contributed by atoms with Gasteiger partial charge >= 0.3 is 23.7 Å². The largest absolute Gasteiger partial charge is 0.459 e. The summed E-state index contributed by atoms with van der Waals surface area (Å²) in [7, 11) is 0. The van der Waals surface area contributed by atoms with E-state index in [2.05, 4.69) is 38.8 Å². The summed E-state index contributed by atoms with van der Waals surface area (Å²) in [5.41, 5.74) is 0. The van der Waals surface area contributed by atoms with Crippen LogP contribution in [0.5, 0.6) is 0 Å². The molecule has 10 heteroatoms. The molecule has 20 heavy (non-hydrogen) atoms. The second-order valence-corrected chi connectivity index (χ2v) is 3.29. The molecule has 0 unspecified atom stereocenters. The summed E-state index contributed by atoms with van der Waals surface area (Å²) < 4.78 is 18.7. The van der Waals surface area contributed by atoms with Crippen molar-refractivity contribution in [1.82, 2.24) is 20.3 Å². The predicted molar refractivity (Wildman–Crippen MR) is 59.5 cm³/mol. The Kier molecular flexibility index (Phi) is 4.03. The third kappa shape index (κ3) is 2.79. The van der Waals surface area contributed by atoms with Crippen LogP contribution in [0.2, 0.25) is 0 Å². The SMILES string of the molecule is CCOC(=O)c1nc(-c2noc(C(=O)OCC)n2)no1. The van der Waals surface area contributed by atoms with E-state index in [-0.39, 0.29) is 36.6 Å². The quantitative estimate of drug-likeness (QED) is 0.713. The van der Waals surface area contributed by atoms with Gasteiger partial charge in [-0.3, -0.25) is 0 Å². The highest BCUT2D eigenvalue weighted by Crippen LogP contribution is 2.12. The molecule has 2 aromatic heterocycles. The molecule has 0 amide bonds. The lowest BCUT2D eigenvalue weighted by Crippen LogP contribution is -2.05. The minimum atomic E-state index is -0.764. The van der Waals surface area contributed by atoms with Crippen LogP contribution in [0.25, 0.3) is 11.6 Å². The van der Waals surface area contributed by atoms with Crippen LogP contribution >= 0.6 is 0 Å². The van der Waals surface area contributed by atoms with Gasteiger partial charge in [-0.25, -0.2) is 9.59 Å². The van der Waals surface area contributed by atoms with Gasteiger partial charge in [0.05, 0.1) is 13.2 Å². The zero-order valence-electron chi connectivity index (χ0n) is 10.7. The summed E-state index contributed by atoms with van der Waals surface area (Å²) in [6.45, 7) is 3.62. The highest BCUT2D eigenvalue weighted by Gasteiger charge is 2.23. The molecule has 2 heterocycles. The van der Waals surface area contributed by atoms with Gasteiger partial charge in [-0.05, 0) is 13.8 Å². The van der Waals surface area contributed by atoms with Crippen molar-refractivity contribution in [3.63, 3.8) is 0 Å². The topological polar surface area (TPSA) is 130 Å². The van der Waals surface area contributed by atoms with E-state index in [0.717, 1.165) is 0 Å². The van der Waals surface area contributed by atoms with Crippen LogP contribution in [0.4, 0.5) is 0 Å². The van der Waals surface area contributed by atoms with E-state index in [9.17, 15) is 9.59 Å². The maximum atomic E-state index is 11.3. The summed E-state index contributed by atoms with van der Waals surface area (Å²) in [5.74, 6) is -2.42. The zero-order valence-corrected chi connectivity index (χ0v) is 10.7. The molecule has 0 radical (unpaired) electrons. The van der Waals surface area contributed by atoms with Gasteiger partial charge in [-0.1, -0.05) is 10.3 Å². The number of ether oxygens (including phenoxy) is 2. The van der Waals surface area contributed by atoms with Crippen LogP contribution in [0.3, 0.4) is 0 Å². The predicted octanol–water partition coefficient (Wildman–Crippen LogP) is 0.473. The van der Waals surface area contributed by atoms with Gasteiger partial charge in [0, 0.05) is 0 Å². The Balaban J connectivity index is 2.16. The highest BCUT2D eigenvalue weighted by atomic mass is 16.6. The number of rotatable bonds is 5. The van der Waals surface area contributed by atoms with Gasteiger partial charge in [0.2, 0.25) is 11.6 Å². The Labute approximate surface area is 112 Å². The molecule has 10 nitrogen and oxygen atoms in total. The second-order valence-electron chi connectivity index (χ2n) is 3.29. The van der Waals surface area contributed by atoms with E-state index in [1.165, 1.54) is 0 Å². The zero-order chi connectivity index (χ0) is 14.5. The summed E-state index contributed by atoms with van der Waals surface area (Å²) in [5, 5.41) is 6.97. The molecule has 0 aromatic carbocycles. The molecule has 0 N–H and O–H groups in total. The first kappa shape index (κ1) is 13.6. The number of hydrogen-bond donors (Lipinski definition) is 0. The van der Waals surface area contributed by atoms with Gasteiger partial charge in [0.25, 0.3) is 0 Å². The molecule has 0 fully saturated rings. The van der Waals surface area contributed by atoms with E-state index in [0.29, 0.717) is 0 Å². The molecule has 0 spiro atoms. The molecule has 0 aliphatic rings. The molecule has 2 rings (SSSR count). The van der Waals surface area contributed by atoms with E-state index >= 15 is 0 Å². The van der Waals surface area contributed by atoms with Gasteiger partial charge < -0.3 is 18.5 Å². The maximum Gasteiger partial charge on any atom is 0.397 e. The van der Waals surface area contributed by atoms with Crippen LogP contribution in [-0.4, -0.2) is 45.4 Å². The molecule has 0 aliphatic carbocycles. The van der Waals surface area contributed by atoms with Crippen LogP contribution in [0.1, 0.15) is 35.2 Å². The van der Waals surface area contributed by atoms with Crippen molar-refractivity contribution in [3.8, 4) is 11.6 Å². The van der Waals surface area contributed by atoms with Gasteiger partial charge in [0.15, 0.2) is 0 Å². The van der Waals surface area contributed by atoms with Crippen molar-refractivity contribution in [1.29, 1.82) is 0 Å². The Bertz CT molecular complexity index is 565. The van der Waals surface area contributed by atoms with Crippen LogP contribution in [0, 0.1) is 0 Å². The Morgan fingerprint density at radius 3 is 1.65 bits per heavy atom. The fraction of sp³-hybridized carbons (Fsp3) is 0.400. The summed E-state index contributed by atoms with van der Waals surface area (Å²) in [4.78, 5) is 30.1. The van der Waals surface area contributed by atoms with Crippen molar-refractivity contribution in [2.45, 2.75) is 13.8 Å². The van der Waals surface area contributed by atoms with E-state index in [1.807, 2.05) is 0 Å². The van der Waals surface area contributed by atoms with Crippen molar-refractivity contribution >= 4 is 11.9 Å².